The molecule has 2 aliphatic rings. The Morgan fingerprint density at radius 1 is 0.969 bits per heavy atom. The molecule has 0 N–H and O–H groups in total. The highest BCUT2D eigenvalue weighted by Crippen LogP contribution is 2.57. The van der Waals surface area contributed by atoms with Gasteiger partial charge in [-0.25, -0.2) is 0 Å². The summed E-state index contributed by atoms with van der Waals surface area (Å²) in [6.07, 6.45) is 4.99. The average Bonchev–Trinajstić information content (AvgIpc) is 3.10. The molecule has 4 atom stereocenters. The lowest BCUT2D eigenvalue weighted by Crippen LogP contribution is -2.62. The van der Waals surface area contributed by atoms with Crippen LogP contribution in [-0.2, 0) is 15.6 Å². The van der Waals surface area contributed by atoms with E-state index in [1.54, 1.807) is 7.11 Å². The summed E-state index contributed by atoms with van der Waals surface area (Å²) in [6.45, 7) is 21.6. The molecule has 4 heteroatoms. The van der Waals surface area contributed by atoms with Crippen molar-refractivity contribution in [3.63, 3.8) is 0 Å². The van der Waals surface area contributed by atoms with E-state index in [1.165, 1.54) is 5.56 Å². The molecule has 0 unspecified atom stereocenters. The summed E-state index contributed by atoms with van der Waals surface area (Å²) in [5, 5.41) is 0. The minimum Gasteiger partial charge on any atom is -0.497 e. The molecule has 0 amide bonds. The van der Waals surface area contributed by atoms with Crippen molar-refractivity contribution in [1.82, 2.24) is 0 Å². The molecule has 182 valence electrons. The van der Waals surface area contributed by atoms with Gasteiger partial charge in [-0.05, 0) is 66.9 Å². The Kier molecular flexibility index (Phi) is 7.59. The molecule has 32 heavy (non-hydrogen) atoms. The largest absolute Gasteiger partial charge is 0.497 e. The molecule has 0 aromatic heterocycles. The zero-order chi connectivity index (χ0) is 23.9. The number of methoxy groups -OCH3 is 1. The molecule has 2 bridgehead atoms. The first-order chi connectivity index (χ1) is 14.9. The number of ether oxygens (including phenoxy) is 2. The van der Waals surface area contributed by atoms with E-state index in [1.807, 2.05) is 0 Å². The Balaban J connectivity index is 1.95. The average molecular weight is 461 g/mol. The quantitative estimate of drug-likeness (QED) is 0.352. The molecule has 2 fully saturated rings. The number of rotatable bonds is 9. The van der Waals surface area contributed by atoms with Crippen LogP contribution in [0.25, 0.3) is 0 Å². The summed E-state index contributed by atoms with van der Waals surface area (Å²) in [6, 6.07) is 8.57. The summed E-state index contributed by atoms with van der Waals surface area (Å²) >= 11 is 0. The first kappa shape index (κ1) is 25.8. The van der Waals surface area contributed by atoms with E-state index < -0.39 is 8.32 Å². The summed E-state index contributed by atoms with van der Waals surface area (Å²) in [5.41, 5.74) is 3.09. The zero-order valence-corrected chi connectivity index (χ0v) is 23.3. The lowest BCUT2D eigenvalue weighted by Gasteiger charge is -2.57. The molecule has 3 rings (SSSR count). The van der Waals surface area contributed by atoms with Crippen molar-refractivity contribution in [2.24, 2.45) is 11.3 Å². The van der Waals surface area contributed by atoms with Crippen molar-refractivity contribution in [2.45, 2.75) is 122 Å². The standard InChI is InChI=1S/C28H48O3Si/c1-19(2)32(20(3)4,21(5)6)31-26-24(16-13-22-11-14-23(29-10)15-12-22)28(9)18-17-25(30-28)27(26,7)8/h11-12,14-15,19-21,24-26H,13,16-18H2,1-10H3/t24-,25+,26+,28-/m0/s1. The van der Waals surface area contributed by atoms with Gasteiger partial charge in [0.1, 0.15) is 5.75 Å². The van der Waals surface area contributed by atoms with Crippen LogP contribution in [0.2, 0.25) is 16.6 Å². The lowest BCUT2D eigenvalue weighted by molar-refractivity contribution is -0.212. The van der Waals surface area contributed by atoms with Gasteiger partial charge in [-0.2, -0.15) is 0 Å². The van der Waals surface area contributed by atoms with Gasteiger partial charge in [0.05, 0.1) is 24.9 Å². The monoisotopic (exact) mass is 460 g/mol. The van der Waals surface area contributed by atoms with Gasteiger partial charge in [-0.1, -0.05) is 67.5 Å². The fraction of sp³-hybridized carbons (Fsp3) is 0.786. The Hall–Kier alpha value is -0.843. The maximum Gasteiger partial charge on any atom is 0.200 e. The molecule has 2 heterocycles. The van der Waals surface area contributed by atoms with Gasteiger partial charge < -0.3 is 13.9 Å². The summed E-state index contributed by atoms with van der Waals surface area (Å²) in [5.74, 6) is 1.32. The minimum atomic E-state index is -2.00. The van der Waals surface area contributed by atoms with Crippen LogP contribution in [0, 0.1) is 11.3 Å². The fourth-order valence-electron chi connectivity index (χ4n) is 7.11. The SMILES string of the molecule is COc1ccc(CC[C@H]2[C@@H](O[Si](C(C)C)(C(C)C)C(C)C)C(C)(C)[C@H]3CC[C@]2(C)O3)cc1. The summed E-state index contributed by atoms with van der Waals surface area (Å²) in [7, 11) is -0.276. The lowest BCUT2D eigenvalue weighted by atomic mass is 9.69. The van der Waals surface area contributed by atoms with Crippen LogP contribution in [0.4, 0.5) is 0 Å². The number of hydrogen-bond donors (Lipinski definition) is 0. The van der Waals surface area contributed by atoms with Crippen molar-refractivity contribution in [3.8, 4) is 5.75 Å². The molecule has 0 aliphatic carbocycles. The molecule has 0 radical (unpaired) electrons. The predicted molar refractivity (Wildman–Crippen MR) is 137 cm³/mol. The van der Waals surface area contributed by atoms with Gasteiger partial charge >= 0.3 is 0 Å². The second-order valence-electron chi connectivity index (χ2n) is 12.1. The normalized spacial score (nSPS) is 29.8. The zero-order valence-electron chi connectivity index (χ0n) is 22.3. The van der Waals surface area contributed by atoms with Crippen LogP contribution < -0.4 is 4.74 Å². The van der Waals surface area contributed by atoms with Crippen molar-refractivity contribution in [3.05, 3.63) is 29.8 Å². The Bertz CT molecular complexity index is 733. The number of hydrogen-bond acceptors (Lipinski definition) is 3. The molecule has 0 spiro atoms. The predicted octanol–water partition coefficient (Wildman–Crippen LogP) is 7.78. The van der Waals surface area contributed by atoms with Gasteiger partial charge in [0, 0.05) is 11.3 Å². The van der Waals surface area contributed by atoms with Crippen molar-refractivity contribution < 1.29 is 13.9 Å². The molecule has 2 aliphatic heterocycles. The van der Waals surface area contributed by atoms with Crippen LogP contribution in [0.15, 0.2) is 24.3 Å². The minimum absolute atomic E-state index is 0.0253. The van der Waals surface area contributed by atoms with Gasteiger partial charge in [0.25, 0.3) is 0 Å². The first-order valence-corrected chi connectivity index (χ1v) is 15.0. The van der Waals surface area contributed by atoms with Gasteiger partial charge in [-0.3, -0.25) is 0 Å². The second kappa shape index (κ2) is 9.42. The van der Waals surface area contributed by atoms with E-state index in [9.17, 15) is 0 Å². The smallest absolute Gasteiger partial charge is 0.200 e. The van der Waals surface area contributed by atoms with E-state index >= 15 is 0 Å². The first-order valence-electron chi connectivity index (χ1n) is 12.9. The fourth-order valence-corrected chi connectivity index (χ4v) is 12.8. The number of fused-ring (bicyclic) bond motifs is 2. The summed E-state index contributed by atoms with van der Waals surface area (Å²) < 4.78 is 19.7. The van der Waals surface area contributed by atoms with Crippen molar-refractivity contribution in [1.29, 1.82) is 0 Å². The Labute approximate surface area is 198 Å². The van der Waals surface area contributed by atoms with E-state index in [-0.39, 0.29) is 17.1 Å². The van der Waals surface area contributed by atoms with E-state index in [0.29, 0.717) is 28.6 Å². The maximum atomic E-state index is 7.60. The Morgan fingerprint density at radius 3 is 2.03 bits per heavy atom. The van der Waals surface area contributed by atoms with Crippen molar-refractivity contribution in [2.75, 3.05) is 7.11 Å². The van der Waals surface area contributed by atoms with Gasteiger partial charge in [0.2, 0.25) is 8.32 Å². The van der Waals surface area contributed by atoms with E-state index in [2.05, 4.69) is 86.6 Å². The Morgan fingerprint density at radius 2 is 1.53 bits per heavy atom. The molecule has 2 saturated heterocycles. The molecular weight excluding hydrogens is 412 g/mol. The topological polar surface area (TPSA) is 27.7 Å². The van der Waals surface area contributed by atoms with E-state index in [4.69, 9.17) is 13.9 Å². The molecule has 1 aromatic rings. The highest BCUT2D eigenvalue weighted by atomic mass is 28.4. The summed E-state index contributed by atoms with van der Waals surface area (Å²) in [4.78, 5) is 0. The van der Waals surface area contributed by atoms with Crippen LogP contribution in [0.5, 0.6) is 5.75 Å². The van der Waals surface area contributed by atoms with Crippen molar-refractivity contribution >= 4 is 8.32 Å². The second-order valence-corrected chi connectivity index (χ2v) is 17.5. The number of benzene rings is 1. The van der Waals surface area contributed by atoms with Crippen LogP contribution >= 0.6 is 0 Å². The van der Waals surface area contributed by atoms with E-state index in [0.717, 1.165) is 31.4 Å². The van der Waals surface area contributed by atoms with Crippen LogP contribution in [0.1, 0.15) is 87.1 Å². The van der Waals surface area contributed by atoms with Gasteiger partial charge in [0.15, 0.2) is 0 Å². The van der Waals surface area contributed by atoms with Crippen LogP contribution in [0.3, 0.4) is 0 Å². The van der Waals surface area contributed by atoms with Gasteiger partial charge in [-0.15, -0.1) is 0 Å². The molecule has 0 saturated carbocycles. The molecule has 1 aromatic carbocycles. The number of aryl methyl sites for hydroxylation is 1. The highest BCUT2D eigenvalue weighted by molar-refractivity contribution is 6.77. The van der Waals surface area contributed by atoms with Crippen LogP contribution in [-0.4, -0.2) is 33.2 Å². The molecular formula is C28H48O3Si. The maximum absolute atomic E-state index is 7.60. The third kappa shape index (κ3) is 4.44. The third-order valence-electron chi connectivity index (χ3n) is 8.97. The molecule has 3 nitrogen and oxygen atoms in total. The third-order valence-corrected chi connectivity index (χ3v) is 15.0. The highest BCUT2D eigenvalue weighted by Gasteiger charge is 2.62.